The fourth-order valence-corrected chi connectivity index (χ4v) is 5.86. The number of anilines is 2. The molecule has 0 unspecified atom stereocenters. The monoisotopic (exact) mass is 980 g/mol. The Morgan fingerprint density at radius 1 is 0.678 bits per heavy atom. The van der Waals surface area contributed by atoms with Gasteiger partial charge in [-0.05, 0) is 48.0 Å². The molecule has 3 aromatic carbocycles. The second kappa shape index (κ2) is 28.1. The molecule has 1 aliphatic heterocycles. The van der Waals surface area contributed by atoms with Gasteiger partial charge >= 0.3 is 257 Å². The van der Waals surface area contributed by atoms with Crippen molar-refractivity contribution in [3.05, 3.63) is 86.5 Å². The Hall–Kier alpha value is 1.85. The number of ether oxygens (including phenoxy) is 2. The summed E-state index contributed by atoms with van der Waals surface area (Å²) in [6.45, 7) is -5.31. The summed E-state index contributed by atoms with van der Waals surface area (Å²) in [6.07, 6.45) is 0. The van der Waals surface area contributed by atoms with E-state index in [1.165, 1.54) is 30.3 Å². The van der Waals surface area contributed by atoms with Crippen molar-refractivity contribution in [1.29, 1.82) is 0 Å². The number of hydrogen-bond acceptors (Lipinski definition) is 15. The van der Waals surface area contributed by atoms with E-state index in [0.29, 0.717) is 11.0 Å². The van der Waals surface area contributed by atoms with Crippen molar-refractivity contribution in [1.82, 2.24) is 0 Å². The average Bonchev–Trinajstić information content (AvgIpc) is 3.07. The Bertz CT molecular complexity index is 2330. The van der Waals surface area contributed by atoms with E-state index in [2.05, 4.69) is 0 Å². The number of carbonyl (C=O) groups is 4. The third-order valence-electron chi connectivity index (χ3n) is 7.65. The molecular weight excluding hydrogens is 961 g/mol. The van der Waals surface area contributed by atoms with Gasteiger partial charge in [0.25, 0.3) is 0 Å². The van der Waals surface area contributed by atoms with Crippen LogP contribution in [0.2, 0.25) is 10.0 Å². The molecule has 2 aliphatic rings. The molecule has 0 fully saturated rings. The van der Waals surface area contributed by atoms with Gasteiger partial charge in [0.05, 0.1) is 66.5 Å². The van der Waals surface area contributed by atoms with Crippen LogP contribution in [0.25, 0.3) is 33.4 Å². The van der Waals surface area contributed by atoms with E-state index in [-0.39, 0.29) is 312 Å². The zero-order valence-electron chi connectivity index (χ0n) is 32.2. The molecule has 0 bridgehead atoms. The van der Waals surface area contributed by atoms with E-state index in [4.69, 9.17) is 37.1 Å². The SMILES string of the molecule is O=C([O-])CN(CC(=O)[O-])c1ccc(-c2c3cc(Cl)c(=O)cc-3oc3cc([O-])c(Cl)cc23)cc1OCCOc1c(N(CC(=O)[O-])CC(=O)[O-])ccc(F)c1F.[K+].[K+].[K+].[K+].[K+]. The van der Waals surface area contributed by atoms with Crippen molar-refractivity contribution in [3.8, 4) is 39.7 Å². The van der Waals surface area contributed by atoms with Crippen LogP contribution in [0.4, 0.5) is 20.2 Å². The molecule has 1 heterocycles. The molecule has 0 spiro atoms. The molecule has 0 saturated heterocycles. The number of carboxylic acids is 4. The van der Waals surface area contributed by atoms with Crippen molar-refractivity contribution in [2.45, 2.75) is 0 Å². The number of halogens is 4. The Morgan fingerprint density at radius 2 is 1.20 bits per heavy atom. The summed E-state index contributed by atoms with van der Waals surface area (Å²) >= 11 is 12.3. The van der Waals surface area contributed by atoms with E-state index >= 15 is 0 Å². The molecule has 3 aromatic rings. The Balaban J connectivity index is 0.00000673. The van der Waals surface area contributed by atoms with Crippen molar-refractivity contribution in [2.24, 2.45) is 0 Å². The number of aliphatic carboxylic acids is 4. The van der Waals surface area contributed by atoms with Crippen molar-refractivity contribution >= 4 is 69.4 Å². The van der Waals surface area contributed by atoms with E-state index in [9.17, 15) is 58.3 Å². The summed E-state index contributed by atoms with van der Waals surface area (Å²) in [5.74, 6) is -11.7. The summed E-state index contributed by atoms with van der Waals surface area (Å²) in [4.78, 5) is 59.6. The Kier molecular flexibility index (Phi) is 29.0. The zero-order valence-corrected chi connectivity index (χ0v) is 49.3. The van der Waals surface area contributed by atoms with E-state index < -0.39 is 97.5 Å². The van der Waals surface area contributed by atoms with Crippen LogP contribution in [0.1, 0.15) is 0 Å². The van der Waals surface area contributed by atoms with Crippen LogP contribution < -0.4 is 307 Å². The zero-order chi connectivity index (χ0) is 39.4. The summed E-state index contributed by atoms with van der Waals surface area (Å²) in [5.41, 5.74) is -0.471. The molecule has 1 aliphatic carbocycles. The molecule has 0 saturated carbocycles. The number of fused-ring (bicyclic) bond motifs is 2. The van der Waals surface area contributed by atoms with E-state index in [0.717, 1.165) is 23.1 Å². The first kappa shape index (κ1) is 60.9. The molecule has 24 heteroatoms. The summed E-state index contributed by atoms with van der Waals surface area (Å²) < 4.78 is 46.3. The smallest absolute Gasteiger partial charge is 0.871 e. The predicted molar refractivity (Wildman–Crippen MR) is 176 cm³/mol. The van der Waals surface area contributed by atoms with Gasteiger partial charge in [-0.3, -0.25) is 4.79 Å². The normalized spacial score (nSPS) is 10.1. The van der Waals surface area contributed by atoms with Gasteiger partial charge in [0.15, 0.2) is 11.6 Å². The van der Waals surface area contributed by atoms with Crippen LogP contribution in [0.15, 0.2) is 63.8 Å². The van der Waals surface area contributed by atoms with Gasteiger partial charge < -0.3 is 68.4 Å². The summed E-state index contributed by atoms with van der Waals surface area (Å²) in [5, 5.41) is 58.0. The predicted octanol–water partition coefficient (Wildman–Crippen LogP) is -15.7. The van der Waals surface area contributed by atoms with Crippen molar-refractivity contribution in [2.75, 3.05) is 49.2 Å². The molecule has 59 heavy (non-hydrogen) atoms. The second-order valence-electron chi connectivity index (χ2n) is 11.3. The Labute approximate surface area is 556 Å². The molecular formula is C35H21Cl2F2K5N2O13. The number of carbonyl (C=O) groups excluding carboxylic acids is 4. The number of hydrogen-bond donors (Lipinski definition) is 0. The molecule has 15 nitrogen and oxygen atoms in total. The molecule has 5 rings (SSSR count). The third-order valence-corrected chi connectivity index (χ3v) is 8.24. The van der Waals surface area contributed by atoms with Crippen LogP contribution in [0.3, 0.4) is 0 Å². The first-order chi connectivity index (χ1) is 25.5. The summed E-state index contributed by atoms with van der Waals surface area (Å²) in [6, 6.07) is 10.2. The van der Waals surface area contributed by atoms with Gasteiger partial charge in [-0.25, -0.2) is 4.39 Å². The average molecular weight is 982 g/mol. The molecule has 282 valence electrons. The fraction of sp³-hybridized carbons (Fsp3) is 0.171. The number of rotatable bonds is 16. The van der Waals surface area contributed by atoms with Gasteiger partial charge in [-0.15, -0.1) is 0 Å². The number of carboxylic acid groups (broad SMARTS) is 4. The second-order valence-corrected chi connectivity index (χ2v) is 12.1. The fourth-order valence-electron chi connectivity index (χ4n) is 5.53. The first-order valence-electron chi connectivity index (χ1n) is 15.3. The number of nitrogens with zero attached hydrogens (tertiary/aromatic N) is 2. The third kappa shape index (κ3) is 16.3. The van der Waals surface area contributed by atoms with Crippen LogP contribution in [0.5, 0.6) is 17.2 Å². The van der Waals surface area contributed by atoms with Crippen molar-refractivity contribution in [3.63, 3.8) is 0 Å². The minimum Gasteiger partial charge on any atom is -0.871 e. The van der Waals surface area contributed by atoms with Gasteiger partial charge in [0.1, 0.15) is 30.3 Å². The van der Waals surface area contributed by atoms with Crippen LogP contribution in [0, 0.1) is 11.6 Å². The minimum atomic E-state index is -1.76. The molecule has 0 N–H and O–H groups in total. The van der Waals surface area contributed by atoms with Crippen molar-refractivity contribution < 1.29 is 324 Å². The quantitative estimate of drug-likeness (QED) is 0.0507. The van der Waals surface area contributed by atoms with E-state index in [1.54, 1.807) is 0 Å². The first-order valence-corrected chi connectivity index (χ1v) is 16.0. The van der Waals surface area contributed by atoms with E-state index in [1.807, 2.05) is 0 Å². The van der Waals surface area contributed by atoms with Crippen LogP contribution >= 0.6 is 23.2 Å². The molecule has 0 atom stereocenters. The maximum atomic E-state index is 15.0. The minimum absolute atomic E-state index is 0. The Morgan fingerprint density at radius 3 is 1.76 bits per heavy atom. The molecule has 0 aromatic heterocycles. The molecule has 0 amide bonds. The maximum Gasteiger partial charge on any atom is 1.00 e. The van der Waals surface area contributed by atoms with Gasteiger partial charge in [0.2, 0.25) is 11.2 Å². The molecule has 0 radical (unpaired) electrons. The topological polar surface area (TPSA) is 239 Å². The van der Waals surface area contributed by atoms with Gasteiger partial charge in [0, 0.05) is 27.6 Å². The van der Waals surface area contributed by atoms with Gasteiger partial charge in [-0.1, -0.05) is 35.0 Å². The van der Waals surface area contributed by atoms with Crippen LogP contribution in [-0.4, -0.2) is 63.3 Å². The van der Waals surface area contributed by atoms with Gasteiger partial charge in [-0.2, -0.15) is 4.39 Å². The number of benzene rings is 4. The summed E-state index contributed by atoms with van der Waals surface area (Å²) in [7, 11) is 0. The largest absolute Gasteiger partial charge is 1.00 e. The standard InChI is InChI=1S/C35H26Cl2F2N2O13.5K/c36-19-8-17-26(10-24(19)42)54-27-11-25(43)20(37)9-18(27)33(17)16-1-3-22(40(12-29(44)45)13-30(46)47)28(7-16)52-5-6-53-35-23(4-2-21(38)34(35)39)41(14-31(48)49)15-32(50)51;;;;;/h1-4,7-11,42H,5-6,12-15H2,(H,44,45)(H,46,47)(H,48,49)(H,50,51);;;;;/q;5*+1/p-5. The van der Waals surface area contributed by atoms with Crippen LogP contribution in [-0.2, 0) is 19.2 Å². The maximum absolute atomic E-state index is 15.0.